The van der Waals surface area contributed by atoms with Gasteiger partial charge in [0.1, 0.15) is 6.04 Å². The Morgan fingerprint density at radius 2 is 2.10 bits per heavy atom. The summed E-state index contributed by atoms with van der Waals surface area (Å²) in [6.45, 7) is 3.48. The molecule has 2 heterocycles. The highest BCUT2D eigenvalue weighted by atomic mass is 16.6. The smallest absolute Gasteiger partial charge is 0.409 e. The number of hydrogen-bond acceptors (Lipinski definition) is 5. The molecule has 0 unspecified atom stereocenters. The van der Waals surface area contributed by atoms with Crippen molar-refractivity contribution in [1.82, 2.24) is 10.2 Å². The van der Waals surface area contributed by atoms with Crippen LogP contribution in [-0.4, -0.2) is 54.8 Å². The van der Waals surface area contributed by atoms with Gasteiger partial charge in [0, 0.05) is 24.1 Å². The molecule has 4 rings (SSSR count). The van der Waals surface area contributed by atoms with E-state index in [0.29, 0.717) is 13.0 Å². The van der Waals surface area contributed by atoms with E-state index in [1.54, 1.807) is 4.90 Å². The third-order valence-corrected chi connectivity index (χ3v) is 6.67. The normalized spacial score (nSPS) is 30.2. The van der Waals surface area contributed by atoms with Gasteiger partial charge < -0.3 is 19.7 Å². The van der Waals surface area contributed by atoms with Gasteiger partial charge in [-0.2, -0.15) is 0 Å². The van der Waals surface area contributed by atoms with Gasteiger partial charge in [0.25, 0.3) is 0 Å². The van der Waals surface area contributed by atoms with Gasteiger partial charge in [-0.05, 0) is 75.6 Å². The summed E-state index contributed by atoms with van der Waals surface area (Å²) in [7, 11) is 1.41. The van der Waals surface area contributed by atoms with Gasteiger partial charge in [0.2, 0.25) is 0 Å². The van der Waals surface area contributed by atoms with Gasteiger partial charge in [0.05, 0.1) is 7.11 Å². The Bertz CT molecular complexity index is 867. The standard InChI is InChI=1S/C24H30N2O4/c1-17-6-3-7-18(16-17)10-13-24(30-22(27)20-8-5-14-25-20)12-4-9-21-19(24)11-15-26(21)23(28)29-2/h3,6-7,16,19-21,25H,4-5,8-9,11-12,14-15H2,1-2H3/t19-,20+,21-,24-/m1/s1. The summed E-state index contributed by atoms with van der Waals surface area (Å²) in [6.07, 6.45) is 4.64. The topological polar surface area (TPSA) is 67.9 Å². The van der Waals surface area contributed by atoms with Crippen LogP contribution in [0.5, 0.6) is 0 Å². The van der Waals surface area contributed by atoms with Crippen LogP contribution in [0.3, 0.4) is 0 Å². The number of aryl methyl sites for hydroxylation is 1. The van der Waals surface area contributed by atoms with Crippen LogP contribution >= 0.6 is 0 Å². The second-order valence-electron chi connectivity index (χ2n) is 8.60. The number of benzene rings is 1. The van der Waals surface area contributed by atoms with Gasteiger partial charge in [-0.3, -0.25) is 4.79 Å². The molecule has 0 bridgehead atoms. The first-order valence-corrected chi connectivity index (χ1v) is 10.9. The third-order valence-electron chi connectivity index (χ3n) is 6.67. The number of amides is 1. The van der Waals surface area contributed by atoms with E-state index in [-0.39, 0.29) is 30.1 Å². The number of nitrogens with one attached hydrogen (secondary N) is 1. The van der Waals surface area contributed by atoms with E-state index in [2.05, 4.69) is 17.2 Å². The van der Waals surface area contributed by atoms with Crippen LogP contribution in [-0.2, 0) is 14.3 Å². The first-order valence-electron chi connectivity index (χ1n) is 10.9. The lowest BCUT2D eigenvalue weighted by molar-refractivity contribution is -0.165. The summed E-state index contributed by atoms with van der Waals surface area (Å²) in [5.41, 5.74) is 1.17. The number of ether oxygens (including phenoxy) is 2. The Morgan fingerprint density at radius 3 is 2.83 bits per heavy atom. The van der Waals surface area contributed by atoms with Gasteiger partial charge in [-0.25, -0.2) is 4.79 Å². The van der Waals surface area contributed by atoms with Crippen LogP contribution in [0, 0.1) is 24.7 Å². The molecule has 1 aromatic carbocycles. The van der Waals surface area contributed by atoms with E-state index in [9.17, 15) is 9.59 Å². The summed E-state index contributed by atoms with van der Waals surface area (Å²) in [5.74, 6) is 6.44. The molecular weight excluding hydrogens is 380 g/mol. The predicted octanol–water partition coefficient (Wildman–Crippen LogP) is 3.02. The Morgan fingerprint density at radius 1 is 1.23 bits per heavy atom. The maximum atomic E-state index is 13.0. The number of likely N-dealkylation sites (tertiary alicyclic amines) is 1. The number of hydrogen-bond donors (Lipinski definition) is 1. The number of methoxy groups -OCH3 is 1. The second kappa shape index (κ2) is 8.69. The molecule has 2 aliphatic heterocycles. The molecule has 1 N–H and O–H groups in total. The Balaban J connectivity index is 1.66. The molecule has 1 saturated carbocycles. The molecule has 0 radical (unpaired) electrons. The minimum Gasteiger partial charge on any atom is -0.453 e. The summed E-state index contributed by atoms with van der Waals surface area (Å²) < 4.78 is 11.2. The molecule has 1 amide bonds. The largest absolute Gasteiger partial charge is 0.453 e. The zero-order valence-electron chi connectivity index (χ0n) is 17.8. The lowest BCUT2D eigenvalue weighted by Gasteiger charge is -2.42. The monoisotopic (exact) mass is 410 g/mol. The predicted molar refractivity (Wildman–Crippen MR) is 113 cm³/mol. The summed E-state index contributed by atoms with van der Waals surface area (Å²) in [5, 5.41) is 3.23. The average molecular weight is 411 g/mol. The average Bonchev–Trinajstić information content (AvgIpc) is 3.43. The van der Waals surface area contributed by atoms with E-state index in [1.165, 1.54) is 7.11 Å². The Labute approximate surface area is 178 Å². The SMILES string of the molecule is COC(=O)N1CC[C@@H]2[C@H]1CCC[C@]2(C#Cc1cccc(C)c1)OC(=O)[C@@H]1CCCN1. The summed E-state index contributed by atoms with van der Waals surface area (Å²) in [4.78, 5) is 27.1. The fraction of sp³-hybridized carbons (Fsp3) is 0.583. The first kappa shape index (κ1) is 20.7. The van der Waals surface area contributed by atoms with E-state index < -0.39 is 5.60 Å². The quantitative estimate of drug-likeness (QED) is 0.600. The number of esters is 1. The Hall–Kier alpha value is -2.52. The van der Waals surface area contributed by atoms with Crippen LogP contribution in [0.4, 0.5) is 4.79 Å². The molecule has 0 spiro atoms. The van der Waals surface area contributed by atoms with E-state index in [4.69, 9.17) is 9.47 Å². The zero-order valence-corrected chi connectivity index (χ0v) is 17.8. The number of rotatable bonds is 2. The molecule has 6 nitrogen and oxygen atoms in total. The van der Waals surface area contributed by atoms with Crippen LogP contribution in [0.25, 0.3) is 0 Å². The minimum absolute atomic E-state index is 0.00647. The third kappa shape index (κ3) is 4.04. The van der Waals surface area contributed by atoms with Crippen molar-refractivity contribution in [1.29, 1.82) is 0 Å². The van der Waals surface area contributed by atoms with Crippen molar-refractivity contribution >= 4 is 12.1 Å². The van der Waals surface area contributed by atoms with Crippen molar-refractivity contribution in [3.05, 3.63) is 35.4 Å². The van der Waals surface area contributed by atoms with E-state index in [0.717, 1.165) is 49.8 Å². The van der Waals surface area contributed by atoms with Gasteiger partial charge >= 0.3 is 12.1 Å². The highest BCUT2D eigenvalue weighted by Gasteiger charge is 2.54. The molecule has 0 aromatic heterocycles. The van der Waals surface area contributed by atoms with Crippen LogP contribution < -0.4 is 5.32 Å². The molecule has 3 aliphatic rings. The molecule has 3 fully saturated rings. The van der Waals surface area contributed by atoms with Crippen molar-refractivity contribution in [3.8, 4) is 11.8 Å². The molecule has 160 valence electrons. The van der Waals surface area contributed by atoms with Crippen LogP contribution in [0.1, 0.15) is 49.7 Å². The van der Waals surface area contributed by atoms with Gasteiger partial charge in [0.15, 0.2) is 5.60 Å². The highest BCUT2D eigenvalue weighted by molar-refractivity contribution is 5.77. The van der Waals surface area contributed by atoms with Crippen molar-refractivity contribution in [2.45, 2.75) is 63.1 Å². The maximum Gasteiger partial charge on any atom is 0.409 e. The first-order chi connectivity index (χ1) is 14.5. The molecule has 1 aliphatic carbocycles. The molecule has 1 aromatic rings. The number of carbonyl (C=O) groups is 2. The van der Waals surface area contributed by atoms with Crippen molar-refractivity contribution in [3.63, 3.8) is 0 Å². The molecule has 6 heteroatoms. The lowest BCUT2D eigenvalue weighted by Crippen LogP contribution is -2.53. The molecule has 30 heavy (non-hydrogen) atoms. The van der Waals surface area contributed by atoms with Crippen molar-refractivity contribution in [2.75, 3.05) is 20.2 Å². The van der Waals surface area contributed by atoms with E-state index in [1.807, 2.05) is 31.2 Å². The lowest BCUT2D eigenvalue weighted by atomic mass is 9.72. The molecule has 2 saturated heterocycles. The fourth-order valence-electron chi connectivity index (χ4n) is 5.20. The van der Waals surface area contributed by atoms with Crippen molar-refractivity contribution in [2.24, 2.45) is 5.92 Å². The van der Waals surface area contributed by atoms with Crippen molar-refractivity contribution < 1.29 is 19.1 Å². The zero-order chi connectivity index (χ0) is 21.1. The fourth-order valence-corrected chi connectivity index (χ4v) is 5.20. The summed E-state index contributed by atoms with van der Waals surface area (Å²) >= 11 is 0. The van der Waals surface area contributed by atoms with Crippen LogP contribution in [0.15, 0.2) is 24.3 Å². The number of fused-ring (bicyclic) bond motifs is 1. The number of carbonyl (C=O) groups excluding carboxylic acids is 2. The molecular formula is C24H30N2O4. The van der Waals surface area contributed by atoms with Crippen LogP contribution in [0.2, 0.25) is 0 Å². The van der Waals surface area contributed by atoms with E-state index >= 15 is 0 Å². The second-order valence-corrected chi connectivity index (χ2v) is 8.60. The highest BCUT2D eigenvalue weighted by Crippen LogP contribution is 2.45. The number of nitrogens with zero attached hydrogens (tertiary/aromatic N) is 1. The Kier molecular flexibility index (Phi) is 6.01. The summed E-state index contributed by atoms with van der Waals surface area (Å²) in [6, 6.07) is 7.76. The maximum absolute atomic E-state index is 13.0. The van der Waals surface area contributed by atoms with Gasteiger partial charge in [-0.15, -0.1) is 0 Å². The molecule has 4 atom stereocenters. The minimum atomic E-state index is -0.878. The van der Waals surface area contributed by atoms with Gasteiger partial charge in [-0.1, -0.05) is 18.1 Å².